The van der Waals surface area contributed by atoms with Gasteiger partial charge >= 0.3 is 0 Å². The summed E-state index contributed by atoms with van der Waals surface area (Å²) in [7, 11) is 0. The minimum Gasteiger partial charge on any atom is -0.378 e. The molecule has 0 rings (SSSR count). The standard InChI is InChI=1S/C19H38N2O6S6/c1-16(2,22)30-20(31-17(3,4)23)14(28)9-11-26-13-27-12-10-15(29)21(32-18(5,6)24)33-19(7,8)25/h22-25H,9-13H2,1-8H3. The number of thiocarbonyl (C=S) groups is 2. The van der Waals surface area contributed by atoms with E-state index in [-0.39, 0.29) is 6.79 Å². The molecule has 4 N–H and O–H groups in total. The summed E-state index contributed by atoms with van der Waals surface area (Å²) in [5.41, 5.74) is 0. The van der Waals surface area contributed by atoms with Crippen LogP contribution in [-0.2, 0) is 9.47 Å². The second-order valence-electron chi connectivity index (χ2n) is 8.89. The quantitative estimate of drug-likeness (QED) is 0.0886. The summed E-state index contributed by atoms with van der Waals surface area (Å²) >= 11 is 15.4. The summed E-state index contributed by atoms with van der Waals surface area (Å²) in [5.74, 6) is 0. The van der Waals surface area contributed by atoms with Gasteiger partial charge in [0.05, 0.1) is 13.2 Å². The Morgan fingerprint density at radius 3 is 1.06 bits per heavy atom. The van der Waals surface area contributed by atoms with Crippen LogP contribution < -0.4 is 0 Å². The Balaban J connectivity index is 4.41. The van der Waals surface area contributed by atoms with Crippen molar-refractivity contribution >= 4 is 82.2 Å². The first-order chi connectivity index (χ1) is 14.7. The molecule has 0 saturated carbocycles. The Hall–Kier alpha value is 0.940. The summed E-state index contributed by atoms with van der Waals surface area (Å²) in [6.07, 6.45) is 0.836. The Kier molecular flexibility index (Phi) is 15.0. The zero-order chi connectivity index (χ0) is 26.1. The van der Waals surface area contributed by atoms with Crippen LogP contribution in [0.2, 0.25) is 0 Å². The summed E-state index contributed by atoms with van der Waals surface area (Å²) in [5, 5.41) is 40.3. The van der Waals surface area contributed by atoms with Crippen molar-refractivity contribution in [3.63, 3.8) is 0 Å². The topological polar surface area (TPSA) is 106 Å². The number of hydrogen-bond acceptors (Lipinski definition) is 12. The largest absolute Gasteiger partial charge is 0.378 e. The van der Waals surface area contributed by atoms with Crippen LogP contribution in [0.3, 0.4) is 0 Å². The third kappa shape index (κ3) is 20.8. The monoisotopic (exact) mass is 582 g/mol. The van der Waals surface area contributed by atoms with Gasteiger partial charge in [-0.1, -0.05) is 24.4 Å². The lowest BCUT2D eigenvalue weighted by molar-refractivity contribution is -0.0491. The molecule has 0 radical (unpaired) electrons. The fourth-order valence-corrected chi connectivity index (χ4v) is 7.23. The molecule has 0 aromatic carbocycles. The van der Waals surface area contributed by atoms with E-state index in [0.717, 1.165) is 47.8 Å². The van der Waals surface area contributed by atoms with E-state index in [1.165, 1.54) is 0 Å². The highest BCUT2D eigenvalue weighted by Gasteiger charge is 2.29. The molecular formula is C19H38N2O6S6. The van der Waals surface area contributed by atoms with E-state index in [2.05, 4.69) is 0 Å². The summed E-state index contributed by atoms with van der Waals surface area (Å²) in [6.45, 7) is 13.9. The maximum absolute atomic E-state index is 10.1. The lowest BCUT2D eigenvalue weighted by Gasteiger charge is -2.32. The highest BCUT2D eigenvalue weighted by Crippen LogP contribution is 2.39. The molecule has 0 amide bonds. The Labute approximate surface area is 226 Å². The SMILES string of the molecule is CC(C)(O)SN(SC(C)(C)O)C(=S)CCOCOCCC(=S)N(SC(C)(C)O)SC(C)(C)O. The van der Waals surface area contributed by atoms with E-state index >= 15 is 0 Å². The molecule has 33 heavy (non-hydrogen) atoms. The number of nitrogens with zero attached hydrogens (tertiary/aromatic N) is 2. The van der Waals surface area contributed by atoms with Crippen LogP contribution in [0.25, 0.3) is 0 Å². The van der Waals surface area contributed by atoms with Gasteiger partial charge in [-0.15, -0.1) is 0 Å². The van der Waals surface area contributed by atoms with Gasteiger partial charge in [-0.3, -0.25) is 0 Å². The fourth-order valence-electron chi connectivity index (χ4n) is 1.73. The van der Waals surface area contributed by atoms with Gasteiger partial charge in [0.2, 0.25) is 0 Å². The van der Waals surface area contributed by atoms with Gasteiger partial charge in [0.1, 0.15) is 36.5 Å². The summed E-state index contributed by atoms with van der Waals surface area (Å²) < 4.78 is 14.2. The van der Waals surface area contributed by atoms with Gasteiger partial charge in [0.25, 0.3) is 0 Å². The second-order valence-corrected chi connectivity index (χ2v) is 16.5. The van der Waals surface area contributed by atoms with Crippen molar-refractivity contribution in [1.29, 1.82) is 0 Å². The van der Waals surface area contributed by atoms with E-state index < -0.39 is 19.7 Å². The third-order valence-electron chi connectivity index (χ3n) is 2.72. The first kappa shape index (κ1) is 33.9. The molecule has 0 unspecified atom stereocenters. The van der Waals surface area contributed by atoms with Crippen LogP contribution in [0, 0.1) is 0 Å². The van der Waals surface area contributed by atoms with Crippen LogP contribution in [0.4, 0.5) is 0 Å². The van der Waals surface area contributed by atoms with Crippen molar-refractivity contribution in [2.75, 3.05) is 20.0 Å². The van der Waals surface area contributed by atoms with Gasteiger partial charge in [-0.05, 0) is 103 Å². The predicted molar refractivity (Wildman–Crippen MR) is 150 cm³/mol. The van der Waals surface area contributed by atoms with Gasteiger partial charge in [0.15, 0.2) is 0 Å². The number of ether oxygens (including phenoxy) is 2. The first-order valence-corrected chi connectivity index (χ1v) is 14.1. The normalized spacial score (nSPS) is 13.2. The average molecular weight is 583 g/mol. The maximum atomic E-state index is 10.1. The molecule has 0 aromatic rings. The number of hydrogen-bond donors (Lipinski definition) is 4. The molecule has 0 heterocycles. The molecule has 8 nitrogen and oxygen atoms in total. The molecule has 0 aromatic heterocycles. The third-order valence-corrected chi connectivity index (χ3v) is 8.18. The zero-order valence-corrected chi connectivity index (χ0v) is 25.4. The fraction of sp³-hybridized carbons (Fsp3) is 0.895. The van der Waals surface area contributed by atoms with E-state index in [9.17, 15) is 20.4 Å². The van der Waals surface area contributed by atoms with Crippen LogP contribution in [-0.4, -0.2) is 77.6 Å². The molecule has 0 atom stereocenters. The van der Waals surface area contributed by atoms with Crippen LogP contribution >= 0.6 is 72.2 Å². The molecule has 0 spiro atoms. The molecule has 0 saturated heterocycles. The van der Waals surface area contributed by atoms with Gasteiger partial charge in [-0.25, -0.2) is 7.42 Å². The van der Waals surface area contributed by atoms with Crippen molar-refractivity contribution in [1.82, 2.24) is 7.42 Å². The van der Waals surface area contributed by atoms with E-state index in [1.807, 2.05) is 0 Å². The summed E-state index contributed by atoms with van der Waals surface area (Å²) in [6, 6.07) is 0. The molecule has 0 aliphatic rings. The highest BCUT2D eigenvalue weighted by atomic mass is 32.2. The minimum absolute atomic E-state index is 0.0553. The molecule has 0 aliphatic heterocycles. The van der Waals surface area contributed by atoms with Crippen LogP contribution in [0.5, 0.6) is 0 Å². The van der Waals surface area contributed by atoms with Crippen molar-refractivity contribution < 1.29 is 29.9 Å². The predicted octanol–water partition coefficient (Wildman–Crippen LogP) is 4.52. The Morgan fingerprint density at radius 2 is 0.848 bits per heavy atom. The average Bonchev–Trinajstić information content (AvgIpc) is 2.54. The van der Waals surface area contributed by atoms with Crippen molar-refractivity contribution in [3.8, 4) is 0 Å². The smallest absolute Gasteiger partial charge is 0.146 e. The van der Waals surface area contributed by atoms with E-state index in [0.29, 0.717) is 36.0 Å². The molecule has 14 heteroatoms. The van der Waals surface area contributed by atoms with Crippen LogP contribution in [0.1, 0.15) is 68.2 Å². The molecule has 0 bridgehead atoms. The van der Waals surface area contributed by atoms with Gasteiger partial charge in [0, 0.05) is 12.8 Å². The van der Waals surface area contributed by atoms with Crippen LogP contribution in [0.15, 0.2) is 0 Å². The van der Waals surface area contributed by atoms with Crippen molar-refractivity contribution in [2.24, 2.45) is 0 Å². The molecule has 196 valence electrons. The van der Waals surface area contributed by atoms with Gasteiger partial charge in [-0.2, -0.15) is 0 Å². The maximum Gasteiger partial charge on any atom is 0.146 e. The van der Waals surface area contributed by atoms with Crippen molar-refractivity contribution in [2.45, 2.75) is 88.0 Å². The highest BCUT2D eigenvalue weighted by molar-refractivity contribution is 8.15. The number of rotatable bonds is 16. The first-order valence-electron chi connectivity index (χ1n) is 10.2. The van der Waals surface area contributed by atoms with Crippen molar-refractivity contribution in [3.05, 3.63) is 0 Å². The lowest BCUT2D eigenvalue weighted by Crippen LogP contribution is -2.30. The van der Waals surface area contributed by atoms with Gasteiger partial charge < -0.3 is 29.9 Å². The Bertz CT molecular complexity index is 530. The second kappa shape index (κ2) is 14.6. The number of aliphatic hydroxyl groups is 4. The lowest BCUT2D eigenvalue weighted by atomic mass is 10.5. The van der Waals surface area contributed by atoms with E-state index in [1.54, 1.807) is 62.8 Å². The molecule has 0 fully saturated rings. The minimum atomic E-state index is -1.05. The molecular weight excluding hydrogens is 545 g/mol. The summed E-state index contributed by atoms with van der Waals surface area (Å²) in [4.78, 5) is -3.15. The molecule has 0 aliphatic carbocycles. The zero-order valence-electron chi connectivity index (χ0n) is 20.5. The Morgan fingerprint density at radius 1 is 0.606 bits per heavy atom. The van der Waals surface area contributed by atoms with E-state index in [4.69, 9.17) is 33.9 Å².